The van der Waals surface area contributed by atoms with Crippen molar-refractivity contribution >= 4 is 17.2 Å². The molecule has 2 saturated heterocycles. The number of hydrogen-bond donors (Lipinski definition) is 0. The quantitative estimate of drug-likeness (QED) is 0.455. The molecule has 148 valence electrons. The smallest absolute Gasteiger partial charge is 0.258 e. The van der Waals surface area contributed by atoms with Gasteiger partial charge in [-0.05, 0) is 43.7 Å². The molecule has 2 aliphatic heterocycles. The molecule has 0 unspecified atom stereocenters. The van der Waals surface area contributed by atoms with Crippen molar-refractivity contribution in [3.05, 3.63) is 65.7 Å². The number of carbonyl (C=O) groups is 1. The molecule has 4 rings (SSSR count). The zero-order chi connectivity index (χ0) is 20.6. The topological polar surface area (TPSA) is 48.0 Å². The van der Waals surface area contributed by atoms with Gasteiger partial charge in [0.2, 0.25) is 0 Å². The van der Waals surface area contributed by atoms with Crippen LogP contribution in [0, 0.1) is 12.3 Å². The molecule has 2 atom stereocenters. The van der Waals surface area contributed by atoms with Gasteiger partial charge in [0.05, 0.1) is 25.3 Å². The Hall–Kier alpha value is -3.07. The van der Waals surface area contributed by atoms with Gasteiger partial charge in [-0.15, -0.1) is 6.42 Å². The molecule has 0 aliphatic carbocycles. The maximum absolute atomic E-state index is 13.3. The molecule has 0 spiro atoms. The lowest BCUT2D eigenvalue weighted by molar-refractivity contribution is -0.143. The Labute approximate surface area is 170 Å². The maximum atomic E-state index is 13.3. The van der Waals surface area contributed by atoms with Crippen molar-refractivity contribution in [2.75, 3.05) is 18.6 Å². The third kappa shape index (κ3) is 3.42. The van der Waals surface area contributed by atoms with E-state index in [9.17, 15) is 4.79 Å². The number of ether oxygens (including phenoxy) is 3. The normalized spacial score (nSPS) is 24.6. The van der Waals surface area contributed by atoms with Crippen molar-refractivity contribution in [1.29, 1.82) is 0 Å². The molecular formula is C24H23NO4. The third-order valence-electron chi connectivity index (χ3n) is 5.23. The molecule has 2 aromatic carbocycles. The lowest BCUT2D eigenvalue weighted by Gasteiger charge is -2.45. The highest BCUT2D eigenvalue weighted by molar-refractivity contribution is 6.21. The lowest BCUT2D eigenvalue weighted by Crippen LogP contribution is -2.62. The molecular weight excluding hydrogens is 366 g/mol. The van der Waals surface area contributed by atoms with Crippen LogP contribution in [0.4, 0.5) is 5.69 Å². The van der Waals surface area contributed by atoms with Gasteiger partial charge >= 0.3 is 0 Å². The number of methoxy groups -OCH3 is 1. The minimum absolute atomic E-state index is 0.120. The van der Waals surface area contributed by atoms with Crippen LogP contribution in [0.25, 0.3) is 5.57 Å². The number of allylic oxidation sites excluding steroid dienone is 1. The fraction of sp³-hybridized carbons (Fsp3) is 0.292. The van der Waals surface area contributed by atoms with E-state index in [0.717, 1.165) is 17.0 Å². The van der Waals surface area contributed by atoms with Crippen molar-refractivity contribution in [3.8, 4) is 18.1 Å². The molecule has 0 N–H and O–H groups in total. The number of rotatable bonds is 4. The predicted molar refractivity (Wildman–Crippen MR) is 111 cm³/mol. The summed E-state index contributed by atoms with van der Waals surface area (Å²) in [6.45, 7) is 4.12. The van der Waals surface area contributed by atoms with Crippen LogP contribution < -0.4 is 9.64 Å². The Morgan fingerprint density at radius 2 is 1.86 bits per heavy atom. The Balaban J connectivity index is 1.78. The van der Waals surface area contributed by atoms with Crippen LogP contribution in [0.2, 0.25) is 0 Å². The van der Waals surface area contributed by atoms with Gasteiger partial charge in [0, 0.05) is 11.3 Å². The highest BCUT2D eigenvalue weighted by Crippen LogP contribution is 2.42. The molecule has 5 nitrogen and oxygen atoms in total. The molecule has 1 amide bonds. The van der Waals surface area contributed by atoms with Crippen LogP contribution in [-0.4, -0.2) is 37.6 Å². The van der Waals surface area contributed by atoms with Crippen LogP contribution in [0.5, 0.6) is 5.75 Å². The van der Waals surface area contributed by atoms with Crippen molar-refractivity contribution in [1.82, 2.24) is 0 Å². The fourth-order valence-electron chi connectivity index (χ4n) is 3.87. The summed E-state index contributed by atoms with van der Waals surface area (Å²) in [5, 5.41) is 0. The molecule has 0 bridgehead atoms. The Bertz CT molecular complexity index is 986. The number of terminal acetylenes is 1. The Morgan fingerprint density at radius 1 is 1.17 bits per heavy atom. The molecule has 2 aliphatic rings. The second-order valence-corrected chi connectivity index (χ2v) is 7.48. The molecule has 2 aromatic rings. The molecule has 0 radical (unpaired) electrons. The van der Waals surface area contributed by atoms with Gasteiger partial charge in [-0.25, -0.2) is 0 Å². The number of carbonyl (C=O) groups excluding carboxylic acids is 1. The standard InChI is InChI=1S/C24H23NO4/c1-5-19(16-9-7-6-8-10-16)21-22(20-15-28-24(2,3)29-20)25(23(21)26)17-11-13-18(27-4)14-12-17/h1,6-14,20,22H,15H2,2-4H3/b21-19+/t20-,22+/m1/s1. The first kappa shape index (κ1) is 19.3. The van der Waals surface area contributed by atoms with E-state index in [4.69, 9.17) is 20.6 Å². The van der Waals surface area contributed by atoms with E-state index >= 15 is 0 Å². The lowest BCUT2D eigenvalue weighted by atomic mass is 9.83. The van der Waals surface area contributed by atoms with Crippen LogP contribution >= 0.6 is 0 Å². The molecule has 5 heteroatoms. The van der Waals surface area contributed by atoms with E-state index < -0.39 is 5.79 Å². The Morgan fingerprint density at radius 3 is 2.41 bits per heavy atom. The minimum Gasteiger partial charge on any atom is -0.497 e. The minimum atomic E-state index is -0.705. The zero-order valence-electron chi connectivity index (χ0n) is 16.7. The number of anilines is 1. The number of amides is 1. The molecule has 0 saturated carbocycles. The maximum Gasteiger partial charge on any atom is 0.258 e. The summed E-state index contributed by atoms with van der Waals surface area (Å²) >= 11 is 0. The van der Waals surface area contributed by atoms with Crippen LogP contribution in [0.15, 0.2) is 60.2 Å². The number of hydrogen-bond acceptors (Lipinski definition) is 4. The third-order valence-corrected chi connectivity index (χ3v) is 5.23. The van der Waals surface area contributed by atoms with Crippen molar-refractivity contribution in [2.24, 2.45) is 0 Å². The average molecular weight is 389 g/mol. The average Bonchev–Trinajstić information content (AvgIpc) is 3.09. The summed E-state index contributed by atoms with van der Waals surface area (Å²) in [5.41, 5.74) is 2.79. The van der Waals surface area contributed by atoms with Crippen LogP contribution in [0.1, 0.15) is 19.4 Å². The van der Waals surface area contributed by atoms with E-state index in [1.165, 1.54) is 0 Å². The summed E-state index contributed by atoms with van der Waals surface area (Å²) in [7, 11) is 1.61. The van der Waals surface area contributed by atoms with E-state index in [0.29, 0.717) is 17.8 Å². The van der Waals surface area contributed by atoms with Gasteiger partial charge in [-0.3, -0.25) is 9.69 Å². The summed E-state index contributed by atoms with van der Waals surface area (Å²) in [5.74, 6) is 2.63. The molecule has 2 fully saturated rings. The van der Waals surface area contributed by atoms with Gasteiger partial charge in [-0.1, -0.05) is 36.3 Å². The number of nitrogens with zero attached hydrogens (tertiary/aromatic N) is 1. The first-order valence-corrected chi connectivity index (χ1v) is 9.51. The summed E-state index contributed by atoms with van der Waals surface area (Å²) in [6.07, 6.45) is 5.53. The van der Waals surface area contributed by atoms with Gasteiger partial charge in [0.25, 0.3) is 5.91 Å². The zero-order valence-corrected chi connectivity index (χ0v) is 16.7. The largest absolute Gasteiger partial charge is 0.497 e. The van der Waals surface area contributed by atoms with Crippen molar-refractivity contribution in [3.63, 3.8) is 0 Å². The highest BCUT2D eigenvalue weighted by Gasteiger charge is 2.53. The van der Waals surface area contributed by atoms with Crippen LogP contribution in [-0.2, 0) is 14.3 Å². The fourth-order valence-corrected chi connectivity index (χ4v) is 3.87. The second kappa shape index (κ2) is 7.40. The first-order valence-electron chi connectivity index (χ1n) is 9.51. The summed E-state index contributed by atoms with van der Waals surface area (Å²) in [6, 6.07) is 16.6. The van der Waals surface area contributed by atoms with Crippen molar-refractivity contribution in [2.45, 2.75) is 31.8 Å². The first-order chi connectivity index (χ1) is 13.9. The summed E-state index contributed by atoms with van der Waals surface area (Å²) in [4.78, 5) is 15.0. The monoisotopic (exact) mass is 389 g/mol. The second-order valence-electron chi connectivity index (χ2n) is 7.48. The van der Waals surface area contributed by atoms with E-state index in [-0.39, 0.29) is 18.1 Å². The van der Waals surface area contributed by atoms with Crippen LogP contribution in [0.3, 0.4) is 0 Å². The van der Waals surface area contributed by atoms with Crippen molar-refractivity contribution < 1.29 is 19.0 Å². The number of β-lactam (4-membered cyclic amide) rings is 1. The summed E-state index contributed by atoms with van der Waals surface area (Å²) < 4.78 is 17.1. The van der Waals surface area contributed by atoms with Gasteiger partial charge in [-0.2, -0.15) is 0 Å². The highest BCUT2D eigenvalue weighted by atomic mass is 16.7. The van der Waals surface area contributed by atoms with E-state index in [2.05, 4.69) is 5.92 Å². The van der Waals surface area contributed by atoms with Gasteiger partial charge in [0.1, 0.15) is 11.9 Å². The van der Waals surface area contributed by atoms with E-state index in [1.54, 1.807) is 12.0 Å². The Kier molecular flexibility index (Phi) is 4.91. The van der Waals surface area contributed by atoms with Gasteiger partial charge < -0.3 is 14.2 Å². The van der Waals surface area contributed by atoms with Gasteiger partial charge in [0.15, 0.2) is 5.79 Å². The molecule has 0 aromatic heterocycles. The predicted octanol–water partition coefficient (Wildman–Crippen LogP) is 3.65. The SMILES string of the molecule is C#C/C(=C1\C(=O)N(c2ccc(OC)cc2)[C@H]1[C@H]1COC(C)(C)O1)c1ccccc1. The number of benzene rings is 2. The molecule has 29 heavy (non-hydrogen) atoms. The van der Waals surface area contributed by atoms with E-state index in [1.807, 2.05) is 68.4 Å². The molecule has 2 heterocycles.